The Hall–Kier alpha value is -1.41. The van der Waals surface area contributed by atoms with Crippen molar-refractivity contribution in [2.75, 3.05) is 0 Å². The number of carbonyl (C=O) groups excluding carboxylic acids is 1. The fourth-order valence-corrected chi connectivity index (χ4v) is 3.26. The third-order valence-corrected chi connectivity index (χ3v) is 4.30. The minimum absolute atomic E-state index is 0.272. The molecule has 90 valence electrons. The van der Waals surface area contributed by atoms with Crippen LogP contribution >= 0.6 is 15.9 Å². The van der Waals surface area contributed by atoms with Crippen molar-refractivity contribution in [3.05, 3.63) is 69.7 Å². The second-order valence-corrected chi connectivity index (χ2v) is 5.48. The normalized spacial score (nSPS) is 18.5. The van der Waals surface area contributed by atoms with Gasteiger partial charge in [-0.25, -0.2) is 0 Å². The highest BCUT2D eigenvalue weighted by Crippen LogP contribution is 2.39. The molecule has 0 saturated heterocycles. The molecule has 0 fully saturated rings. The van der Waals surface area contributed by atoms with E-state index in [0.29, 0.717) is 12.3 Å². The van der Waals surface area contributed by atoms with Gasteiger partial charge in [0.25, 0.3) is 0 Å². The van der Waals surface area contributed by atoms with Crippen LogP contribution in [0.5, 0.6) is 0 Å². The lowest BCUT2D eigenvalue weighted by Crippen LogP contribution is -2.16. The molecule has 18 heavy (non-hydrogen) atoms. The summed E-state index contributed by atoms with van der Waals surface area (Å²) < 4.78 is 1.12. The fraction of sp³-hybridized carbons (Fsp3) is 0.188. The van der Waals surface area contributed by atoms with E-state index in [0.717, 1.165) is 16.5 Å². The van der Waals surface area contributed by atoms with E-state index in [1.807, 2.05) is 24.3 Å². The molecule has 0 aliphatic heterocycles. The van der Waals surface area contributed by atoms with Crippen LogP contribution in [0.2, 0.25) is 0 Å². The lowest BCUT2D eigenvalue weighted by Gasteiger charge is -2.25. The van der Waals surface area contributed by atoms with Gasteiger partial charge in [-0.1, -0.05) is 58.4 Å². The van der Waals surface area contributed by atoms with Crippen molar-refractivity contribution in [2.45, 2.75) is 18.8 Å². The first-order chi connectivity index (χ1) is 8.77. The summed E-state index contributed by atoms with van der Waals surface area (Å²) in [5.41, 5.74) is 3.34. The number of hydrogen-bond acceptors (Lipinski definition) is 1. The van der Waals surface area contributed by atoms with Crippen LogP contribution in [0.15, 0.2) is 53.0 Å². The maximum atomic E-state index is 11.9. The highest BCUT2D eigenvalue weighted by atomic mass is 79.9. The molecule has 1 unspecified atom stereocenters. The van der Waals surface area contributed by atoms with Gasteiger partial charge in [-0.3, -0.25) is 4.79 Å². The van der Waals surface area contributed by atoms with Crippen molar-refractivity contribution >= 4 is 21.7 Å². The highest BCUT2D eigenvalue weighted by molar-refractivity contribution is 9.10. The molecule has 1 aliphatic carbocycles. The quantitative estimate of drug-likeness (QED) is 0.755. The summed E-state index contributed by atoms with van der Waals surface area (Å²) in [6.45, 7) is 0. The maximum absolute atomic E-state index is 11.9. The molecule has 2 aromatic carbocycles. The van der Waals surface area contributed by atoms with E-state index in [2.05, 4.69) is 40.2 Å². The van der Waals surface area contributed by atoms with Crippen LogP contribution in [-0.4, -0.2) is 5.78 Å². The first-order valence-electron chi connectivity index (χ1n) is 6.14. The summed E-state index contributed by atoms with van der Waals surface area (Å²) in [5.74, 6) is 0.600. The molecular weight excluding hydrogens is 288 g/mol. The molecule has 1 nitrogen and oxygen atoms in total. The summed E-state index contributed by atoms with van der Waals surface area (Å²) in [4.78, 5) is 11.9. The van der Waals surface area contributed by atoms with Crippen LogP contribution in [-0.2, 0) is 0 Å². The number of Topliss-reactive ketones (excluding diaryl/α,β-unsaturated/α-hetero) is 1. The van der Waals surface area contributed by atoms with Gasteiger partial charge >= 0.3 is 0 Å². The van der Waals surface area contributed by atoms with Crippen molar-refractivity contribution in [3.8, 4) is 0 Å². The van der Waals surface area contributed by atoms with Crippen LogP contribution in [0.1, 0.15) is 40.2 Å². The molecule has 0 N–H and O–H groups in total. The maximum Gasteiger partial charge on any atom is 0.163 e. The van der Waals surface area contributed by atoms with Gasteiger partial charge in [0.2, 0.25) is 0 Å². The third kappa shape index (κ3) is 1.91. The minimum Gasteiger partial charge on any atom is -0.294 e. The van der Waals surface area contributed by atoms with Crippen molar-refractivity contribution in [1.29, 1.82) is 0 Å². The number of fused-ring (bicyclic) bond motifs is 1. The molecule has 3 rings (SSSR count). The average Bonchev–Trinajstić information content (AvgIpc) is 2.41. The summed E-state index contributed by atoms with van der Waals surface area (Å²) in [6.07, 6.45) is 1.54. The predicted octanol–water partition coefficient (Wildman–Crippen LogP) is 4.56. The lowest BCUT2D eigenvalue weighted by molar-refractivity contribution is 0.0969. The van der Waals surface area contributed by atoms with Gasteiger partial charge in [0.1, 0.15) is 0 Å². The molecule has 2 aromatic rings. The van der Waals surface area contributed by atoms with Crippen molar-refractivity contribution < 1.29 is 4.79 Å². The topological polar surface area (TPSA) is 17.1 Å². The zero-order valence-corrected chi connectivity index (χ0v) is 11.5. The molecule has 1 aliphatic rings. The largest absolute Gasteiger partial charge is 0.294 e. The molecule has 0 radical (unpaired) electrons. The number of carbonyl (C=O) groups is 1. The van der Waals surface area contributed by atoms with Crippen LogP contribution in [0.25, 0.3) is 0 Å². The third-order valence-electron chi connectivity index (χ3n) is 3.58. The average molecular weight is 301 g/mol. The Labute approximate surface area is 115 Å². The number of ketones is 1. The van der Waals surface area contributed by atoms with Gasteiger partial charge < -0.3 is 0 Å². The molecule has 0 saturated carbocycles. The van der Waals surface area contributed by atoms with E-state index in [1.165, 1.54) is 11.1 Å². The Morgan fingerprint density at radius 1 is 0.944 bits per heavy atom. The first kappa shape index (κ1) is 11.7. The molecule has 1 atom stereocenters. The molecular formula is C16H13BrO. The van der Waals surface area contributed by atoms with Crippen molar-refractivity contribution in [3.63, 3.8) is 0 Å². The molecule has 0 amide bonds. The number of halogens is 1. The highest BCUT2D eigenvalue weighted by Gasteiger charge is 2.27. The van der Waals surface area contributed by atoms with Gasteiger partial charge in [0.05, 0.1) is 0 Å². The van der Waals surface area contributed by atoms with Gasteiger partial charge in [-0.15, -0.1) is 0 Å². The lowest BCUT2D eigenvalue weighted by atomic mass is 9.78. The molecule has 0 spiro atoms. The smallest absolute Gasteiger partial charge is 0.163 e. The number of hydrogen-bond donors (Lipinski definition) is 0. The zero-order valence-electron chi connectivity index (χ0n) is 9.90. The SMILES string of the molecule is O=C1CCC(c2ccccc2Br)c2ccccc21. The second kappa shape index (κ2) is 4.69. The van der Waals surface area contributed by atoms with Crippen molar-refractivity contribution in [1.82, 2.24) is 0 Å². The molecule has 2 heteroatoms. The summed E-state index contributed by atoms with van der Waals surface area (Å²) in [7, 11) is 0. The van der Waals surface area contributed by atoms with E-state index in [9.17, 15) is 4.79 Å². The van der Waals surface area contributed by atoms with Crippen LogP contribution in [0, 0.1) is 0 Å². The zero-order chi connectivity index (χ0) is 12.5. The fourth-order valence-electron chi connectivity index (χ4n) is 2.70. The van der Waals surface area contributed by atoms with Crippen molar-refractivity contribution in [2.24, 2.45) is 0 Å². The molecule has 0 aromatic heterocycles. The Balaban J connectivity index is 2.13. The van der Waals surface area contributed by atoms with Crippen LogP contribution in [0.4, 0.5) is 0 Å². The van der Waals surface area contributed by atoms with Gasteiger partial charge in [-0.05, 0) is 23.6 Å². The Morgan fingerprint density at radius 3 is 2.39 bits per heavy atom. The van der Waals surface area contributed by atoms with E-state index in [-0.39, 0.29) is 5.78 Å². The minimum atomic E-state index is 0.272. The number of rotatable bonds is 1. The van der Waals surface area contributed by atoms with Crippen LogP contribution in [0.3, 0.4) is 0 Å². The van der Waals surface area contributed by atoms with E-state index in [4.69, 9.17) is 0 Å². The predicted molar refractivity (Wildman–Crippen MR) is 76.0 cm³/mol. The Morgan fingerprint density at radius 2 is 1.61 bits per heavy atom. The molecule has 0 heterocycles. The van der Waals surface area contributed by atoms with E-state index < -0.39 is 0 Å². The number of benzene rings is 2. The Bertz CT molecular complexity index is 604. The second-order valence-electron chi connectivity index (χ2n) is 4.62. The Kier molecular flexibility index (Phi) is 3.04. The summed E-state index contributed by atoms with van der Waals surface area (Å²) in [5, 5.41) is 0. The standard InChI is InChI=1S/C16H13BrO/c17-15-8-4-3-6-13(15)12-9-10-16(18)14-7-2-1-5-11(12)14/h1-8,12H,9-10H2. The van der Waals surface area contributed by atoms with Gasteiger partial charge in [0.15, 0.2) is 5.78 Å². The van der Waals surface area contributed by atoms with E-state index >= 15 is 0 Å². The van der Waals surface area contributed by atoms with Gasteiger partial charge in [0, 0.05) is 22.4 Å². The van der Waals surface area contributed by atoms with Crippen LogP contribution < -0.4 is 0 Å². The molecule has 0 bridgehead atoms. The summed E-state index contributed by atoms with van der Waals surface area (Å²) >= 11 is 3.61. The van der Waals surface area contributed by atoms with E-state index in [1.54, 1.807) is 0 Å². The summed E-state index contributed by atoms with van der Waals surface area (Å²) in [6, 6.07) is 16.3. The monoisotopic (exact) mass is 300 g/mol. The first-order valence-corrected chi connectivity index (χ1v) is 6.93. The van der Waals surface area contributed by atoms with Gasteiger partial charge in [-0.2, -0.15) is 0 Å².